The summed E-state index contributed by atoms with van der Waals surface area (Å²) < 4.78 is 8.41. The molecule has 3 rings (SSSR count). The lowest BCUT2D eigenvalue weighted by molar-refractivity contribution is 0.396. The molecule has 0 aliphatic heterocycles. The fourth-order valence-electron chi connectivity index (χ4n) is 2.07. The average Bonchev–Trinajstić information content (AvgIpc) is 3.13. The first-order chi connectivity index (χ1) is 9.81. The molecular weight excluding hydrogens is 290 g/mol. The van der Waals surface area contributed by atoms with Crippen molar-refractivity contribution >= 4 is 32.1 Å². The van der Waals surface area contributed by atoms with Gasteiger partial charge >= 0.3 is 0 Å². The molecular formula is C14H17N3OS2. The van der Waals surface area contributed by atoms with Gasteiger partial charge in [0, 0.05) is 9.40 Å². The Bertz CT molecular complexity index is 657. The number of thiophene rings is 2. The van der Waals surface area contributed by atoms with Gasteiger partial charge in [-0.1, -0.05) is 13.8 Å². The van der Waals surface area contributed by atoms with Gasteiger partial charge in [-0.3, -0.25) is 0 Å². The molecule has 0 bridgehead atoms. The van der Waals surface area contributed by atoms with E-state index in [9.17, 15) is 0 Å². The van der Waals surface area contributed by atoms with E-state index in [-0.39, 0.29) is 6.04 Å². The summed E-state index contributed by atoms with van der Waals surface area (Å²) in [4.78, 5) is 1.05. The molecule has 20 heavy (non-hydrogen) atoms. The number of aromatic nitrogens is 2. The van der Waals surface area contributed by atoms with Crippen LogP contribution in [0.3, 0.4) is 0 Å². The maximum Gasteiger partial charge on any atom is 0.257 e. The van der Waals surface area contributed by atoms with E-state index in [2.05, 4.69) is 46.9 Å². The van der Waals surface area contributed by atoms with Crippen LogP contribution in [0, 0.1) is 0 Å². The first-order valence-corrected chi connectivity index (χ1v) is 8.55. The zero-order valence-corrected chi connectivity index (χ0v) is 13.2. The second-order valence-corrected chi connectivity index (χ2v) is 6.65. The highest BCUT2D eigenvalue weighted by Gasteiger charge is 2.18. The summed E-state index contributed by atoms with van der Waals surface area (Å²) >= 11 is 3.44. The van der Waals surface area contributed by atoms with Gasteiger partial charge in [-0.05, 0) is 36.9 Å². The lowest BCUT2D eigenvalue weighted by Crippen LogP contribution is -2.21. The molecule has 106 valence electrons. The van der Waals surface area contributed by atoms with E-state index in [0.29, 0.717) is 11.8 Å². The molecule has 0 spiro atoms. The van der Waals surface area contributed by atoms with Crippen LogP contribution in [0.1, 0.15) is 38.6 Å². The van der Waals surface area contributed by atoms with Crippen molar-refractivity contribution in [2.24, 2.45) is 0 Å². The Labute approximate surface area is 125 Å². The number of hydrogen-bond acceptors (Lipinski definition) is 6. The molecule has 0 radical (unpaired) electrons. The fraction of sp³-hybridized carbons (Fsp3) is 0.429. The molecule has 6 heteroatoms. The number of hydrogen-bond donors (Lipinski definition) is 1. The fourth-order valence-corrected chi connectivity index (χ4v) is 4.10. The number of nitrogens with zero attached hydrogens (tertiary/aromatic N) is 2. The van der Waals surface area contributed by atoms with Crippen LogP contribution in [-0.2, 0) is 0 Å². The molecule has 4 nitrogen and oxygen atoms in total. The van der Waals surface area contributed by atoms with Crippen molar-refractivity contribution in [2.75, 3.05) is 6.54 Å². The van der Waals surface area contributed by atoms with Gasteiger partial charge in [-0.2, -0.15) is 0 Å². The normalized spacial score (nSPS) is 13.1. The Kier molecular flexibility index (Phi) is 4.14. The summed E-state index contributed by atoms with van der Waals surface area (Å²) in [7, 11) is 0. The van der Waals surface area contributed by atoms with Crippen LogP contribution in [0.25, 0.3) is 20.2 Å². The van der Waals surface area contributed by atoms with Crippen LogP contribution < -0.4 is 5.32 Å². The zero-order chi connectivity index (χ0) is 13.9. The summed E-state index contributed by atoms with van der Waals surface area (Å²) in [6.45, 7) is 5.24. The summed E-state index contributed by atoms with van der Waals surface area (Å²) in [5, 5.41) is 13.9. The van der Waals surface area contributed by atoms with Gasteiger partial charge in [0.1, 0.15) is 0 Å². The summed E-state index contributed by atoms with van der Waals surface area (Å²) in [5.41, 5.74) is 0. The molecule has 0 fully saturated rings. The Morgan fingerprint density at radius 1 is 1.30 bits per heavy atom. The van der Waals surface area contributed by atoms with Gasteiger partial charge < -0.3 is 9.73 Å². The minimum atomic E-state index is 0.150. The Balaban J connectivity index is 1.83. The SMILES string of the molecule is CCCNC(CC)c1nnc(-c2cc3sccc3s2)o1. The Morgan fingerprint density at radius 3 is 2.95 bits per heavy atom. The van der Waals surface area contributed by atoms with E-state index >= 15 is 0 Å². The maximum atomic E-state index is 5.85. The topological polar surface area (TPSA) is 51.0 Å². The van der Waals surface area contributed by atoms with Gasteiger partial charge in [0.2, 0.25) is 5.89 Å². The van der Waals surface area contributed by atoms with Gasteiger partial charge in [0.15, 0.2) is 0 Å². The lowest BCUT2D eigenvalue weighted by Gasteiger charge is -2.11. The predicted octanol–water partition coefficient (Wildman–Crippen LogP) is 4.46. The highest BCUT2D eigenvalue weighted by atomic mass is 32.1. The van der Waals surface area contributed by atoms with Crippen molar-refractivity contribution in [3.8, 4) is 10.8 Å². The zero-order valence-electron chi connectivity index (χ0n) is 11.5. The molecule has 0 amide bonds. The van der Waals surface area contributed by atoms with Crippen molar-refractivity contribution in [2.45, 2.75) is 32.7 Å². The third-order valence-corrected chi connectivity index (χ3v) is 5.22. The summed E-state index contributed by atoms with van der Waals surface area (Å²) in [6.07, 6.45) is 2.04. The van der Waals surface area contributed by atoms with E-state index in [1.807, 2.05) is 0 Å². The second kappa shape index (κ2) is 6.03. The van der Waals surface area contributed by atoms with Crippen LogP contribution >= 0.6 is 22.7 Å². The first kappa shape index (κ1) is 13.7. The van der Waals surface area contributed by atoms with Crippen LogP contribution in [0.5, 0.6) is 0 Å². The third-order valence-electron chi connectivity index (χ3n) is 3.14. The highest BCUT2D eigenvalue weighted by Crippen LogP contribution is 2.36. The minimum Gasteiger partial charge on any atom is -0.418 e. The van der Waals surface area contributed by atoms with Gasteiger partial charge in [0.25, 0.3) is 5.89 Å². The molecule has 1 unspecified atom stereocenters. The molecule has 0 aliphatic rings. The highest BCUT2D eigenvalue weighted by molar-refractivity contribution is 7.28. The van der Waals surface area contributed by atoms with Crippen molar-refractivity contribution < 1.29 is 4.42 Å². The third kappa shape index (κ3) is 2.63. The van der Waals surface area contributed by atoms with Crippen LogP contribution in [0.4, 0.5) is 0 Å². The molecule has 0 saturated heterocycles. The number of nitrogens with one attached hydrogen (secondary N) is 1. The summed E-state index contributed by atoms with van der Waals surface area (Å²) in [5.74, 6) is 1.32. The number of rotatable bonds is 6. The van der Waals surface area contributed by atoms with Crippen molar-refractivity contribution in [3.05, 3.63) is 23.4 Å². The molecule has 3 aromatic heterocycles. The minimum absolute atomic E-state index is 0.150. The molecule has 1 atom stereocenters. The van der Waals surface area contributed by atoms with E-state index in [1.165, 1.54) is 9.40 Å². The van der Waals surface area contributed by atoms with Crippen LogP contribution in [0.2, 0.25) is 0 Å². The first-order valence-electron chi connectivity index (χ1n) is 6.86. The Morgan fingerprint density at radius 2 is 2.20 bits per heavy atom. The van der Waals surface area contributed by atoms with Gasteiger partial charge in [-0.25, -0.2) is 0 Å². The molecule has 1 N–H and O–H groups in total. The van der Waals surface area contributed by atoms with Gasteiger partial charge in [0.05, 0.1) is 10.9 Å². The molecule has 3 heterocycles. The van der Waals surface area contributed by atoms with E-state index in [0.717, 1.165) is 24.3 Å². The van der Waals surface area contributed by atoms with Crippen molar-refractivity contribution in [1.82, 2.24) is 15.5 Å². The van der Waals surface area contributed by atoms with Crippen LogP contribution in [0.15, 0.2) is 21.9 Å². The van der Waals surface area contributed by atoms with Gasteiger partial charge in [-0.15, -0.1) is 32.9 Å². The predicted molar refractivity (Wildman–Crippen MR) is 84.3 cm³/mol. The second-order valence-electron chi connectivity index (χ2n) is 4.62. The molecule has 0 aliphatic carbocycles. The smallest absolute Gasteiger partial charge is 0.257 e. The van der Waals surface area contributed by atoms with Crippen molar-refractivity contribution in [3.63, 3.8) is 0 Å². The van der Waals surface area contributed by atoms with E-state index < -0.39 is 0 Å². The molecule has 0 saturated carbocycles. The monoisotopic (exact) mass is 307 g/mol. The standard InChI is InChI=1S/C14H17N3OS2/c1-3-6-15-9(4-2)13-16-17-14(18-13)12-8-11-10(20-12)5-7-19-11/h5,7-9,15H,3-4,6H2,1-2H3. The Hall–Kier alpha value is -1.24. The molecule has 3 aromatic rings. The van der Waals surface area contributed by atoms with E-state index in [4.69, 9.17) is 4.42 Å². The summed E-state index contributed by atoms with van der Waals surface area (Å²) in [6, 6.07) is 4.41. The quantitative estimate of drug-likeness (QED) is 0.730. The van der Waals surface area contributed by atoms with Crippen LogP contribution in [-0.4, -0.2) is 16.7 Å². The molecule has 0 aromatic carbocycles. The van der Waals surface area contributed by atoms with E-state index in [1.54, 1.807) is 22.7 Å². The van der Waals surface area contributed by atoms with Crippen molar-refractivity contribution in [1.29, 1.82) is 0 Å². The maximum absolute atomic E-state index is 5.85. The number of fused-ring (bicyclic) bond motifs is 1. The lowest BCUT2D eigenvalue weighted by atomic mass is 10.2. The average molecular weight is 307 g/mol. The largest absolute Gasteiger partial charge is 0.418 e.